The molecular formula is C16H20N2O3S. The number of aromatic nitrogens is 1. The minimum atomic E-state index is -0.404. The highest BCUT2D eigenvalue weighted by Gasteiger charge is 2.25. The molecule has 1 amide bonds. The van der Waals surface area contributed by atoms with Crippen LogP contribution in [0.5, 0.6) is 0 Å². The van der Waals surface area contributed by atoms with E-state index < -0.39 is 6.10 Å². The normalized spacial score (nSPS) is 16.8. The van der Waals surface area contributed by atoms with Gasteiger partial charge in [0, 0.05) is 5.38 Å². The van der Waals surface area contributed by atoms with Crippen molar-refractivity contribution in [3.05, 3.63) is 23.8 Å². The maximum atomic E-state index is 12.3. The monoisotopic (exact) mass is 320 g/mol. The number of anilines is 1. The molecule has 1 fully saturated rings. The molecule has 2 aromatic rings. The molecule has 1 saturated carbocycles. The molecule has 0 saturated heterocycles. The molecule has 0 aromatic carbocycles. The lowest BCUT2D eigenvalue weighted by molar-refractivity contribution is -0.131. The van der Waals surface area contributed by atoms with Crippen LogP contribution in [0.2, 0.25) is 0 Å². The molecule has 3 rings (SSSR count). The van der Waals surface area contributed by atoms with Crippen LogP contribution in [0.1, 0.15) is 39.0 Å². The molecule has 6 heteroatoms. The number of hydrogen-bond donors (Lipinski definition) is 1. The fourth-order valence-electron chi connectivity index (χ4n) is 2.65. The van der Waals surface area contributed by atoms with Gasteiger partial charge < -0.3 is 9.15 Å². The number of thiazole rings is 1. The van der Waals surface area contributed by atoms with Crippen molar-refractivity contribution >= 4 is 22.4 Å². The van der Waals surface area contributed by atoms with E-state index in [0.717, 1.165) is 18.5 Å². The molecule has 118 valence electrons. The molecule has 0 radical (unpaired) electrons. The van der Waals surface area contributed by atoms with Crippen LogP contribution >= 0.6 is 11.3 Å². The number of rotatable bonds is 6. The highest BCUT2D eigenvalue weighted by atomic mass is 32.1. The number of hydrogen-bond acceptors (Lipinski definition) is 5. The van der Waals surface area contributed by atoms with Gasteiger partial charge in [0.2, 0.25) is 0 Å². The Morgan fingerprint density at radius 2 is 2.36 bits per heavy atom. The summed E-state index contributed by atoms with van der Waals surface area (Å²) in [6, 6.07) is 3.66. The van der Waals surface area contributed by atoms with Crippen LogP contribution in [0, 0.1) is 0 Å². The Kier molecular flexibility index (Phi) is 4.90. The van der Waals surface area contributed by atoms with Gasteiger partial charge in [-0.05, 0) is 31.4 Å². The third kappa shape index (κ3) is 3.56. The predicted octanol–water partition coefficient (Wildman–Crippen LogP) is 4.08. The number of amides is 1. The summed E-state index contributed by atoms with van der Waals surface area (Å²) < 4.78 is 11.2. The van der Waals surface area contributed by atoms with Crippen molar-refractivity contribution in [3.8, 4) is 11.5 Å². The molecule has 5 nitrogen and oxygen atoms in total. The molecule has 0 aliphatic heterocycles. The van der Waals surface area contributed by atoms with E-state index in [-0.39, 0.29) is 12.0 Å². The Bertz CT molecular complexity index is 603. The first-order valence-corrected chi connectivity index (χ1v) is 8.60. The maximum absolute atomic E-state index is 12.3. The lowest BCUT2D eigenvalue weighted by Crippen LogP contribution is -2.32. The molecule has 22 heavy (non-hydrogen) atoms. The lowest BCUT2D eigenvalue weighted by atomic mass is 10.2. The topological polar surface area (TPSA) is 64.4 Å². The molecule has 0 spiro atoms. The van der Waals surface area contributed by atoms with Crippen LogP contribution < -0.4 is 5.32 Å². The SMILES string of the molecule is CCC(OC1CCCC1)C(=O)Nc1nc(-c2ccco2)cs1. The molecular weight excluding hydrogens is 300 g/mol. The predicted molar refractivity (Wildman–Crippen MR) is 85.9 cm³/mol. The molecule has 1 aliphatic rings. The maximum Gasteiger partial charge on any atom is 0.255 e. The zero-order valence-corrected chi connectivity index (χ0v) is 13.4. The van der Waals surface area contributed by atoms with Gasteiger partial charge in [0.15, 0.2) is 10.9 Å². The second-order valence-electron chi connectivity index (χ2n) is 5.44. The number of carbonyl (C=O) groups excluding carboxylic acids is 1. The lowest BCUT2D eigenvalue weighted by Gasteiger charge is -2.19. The van der Waals surface area contributed by atoms with Gasteiger partial charge in [-0.15, -0.1) is 11.3 Å². The molecule has 2 aromatic heterocycles. The first-order chi connectivity index (χ1) is 10.8. The summed E-state index contributed by atoms with van der Waals surface area (Å²) >= 11 is 1.39. The molecule has 2 heterocycles. The minimum absolute atomic E-state index is 0.116. The molecule has 1 N–H and O–H groups in total. The van der Waals surface area contributed by atoms with E-state index in [4.69, 9.17) is 9.15 Å². The smallest absolute Gasteiger partial charge is 0.255 e. The summed E-state index contributed by atoms with van der Waals surface area (Å²) in [6.45, 7) is 1.97. The van der Waals surface area contributed by atoms with Crippen molar-refractivity contribution in [2.45, 2.75) is 51.2 Å². The van der Waals surface area contributed by atoms with E-state index in [1.807, 2.05) is 24.4 Å². The van der Waals surface area contributed by atoms with Crippen LogP contribution in [0.25, 0.3) is 11.5 Å². The summed E-state index contributed by atoms with van der Waals surface area (Å²) in [6.07, 6.45) is 6.61. The van der Waals surface area contributed by atoms with E-state index in [1.54, 1.807) is 6.26 Å². The van der Waals surface area contributed by atoms with Gasteiger partial charge >= 0.3 is 0 Å². The summed E-state index contributed by atoms with van der Waals surface area (Å²) in [5, 5.41) is 5.29. The fraction of sp³-hybridized carbons (Fsp3) is 0.500. The van der Waals surface area contributed by atoms with Crippen LogP contribution in [0.3, 0.4) is 0 Å². The average molecular weight is 320 g/mol. The Hall–Kier alpha value is -1.66. The van der Waals surface area contributed by atoms with E-state index in [9.17, 15) is 4.79 Å². The molecule has 1 unspecified atom stereocenters. The molecule has 1 atom stereocenters. The van der Waals surface area contributed by atoms with Crippen LogP contribution in [-0.4, -0.2) is 23.1 Å². The van der Waals surface area contributed by atoms with Crippen molar-refractivity contribution < 1.29 is 13.9 Å². The second kappa shape index (κ2) is 7.07. The number of carbonyl (C=O) groups is 1. The van der Waals surface area contributed by atoms with Crippen molar-refractivity contribution in [1.82, 2.24) is 4.98 Å². The summed E-state index contributed by atoms with van der Waals surface area (Å²) in [4.78, 5) is 16.7. The van der Waals surface area contributed by atoms with E-state index >= 15 is 0 Å². The zero-order valence-electron chi connectivity index (χ0n) is 12.6. The summed E-state index contributed by atoms with van der Waals surface area (Å²) in [5.74, 6) is 0.584. The van der Waals surface area contributed by atoms with Gasteiger partial charge in [-0.2, -0.15) is 0 Å². The fourth-order valence-corrected chi connectivity index (χ4v) is 3.36. The Morgan fingerprint density at radius 1 is 1.55 bits per heavy atom. The van der Waals surface area contributed by atoms with Gasteiger partial charge in [0.25, 0.3) is 5.91 Å². The average Bonchev–Trinajstić information content (AvgIpc) is 3.25. The minimum Gasteiger partial charge on any atom is -0.463 e. The van der Waals surface area contributed by atoms with Crippen LogP contribution in [-0.2, 0) is 9.53 Å². The van der Waals surface area contributed by atoms with Crippen molar-refractivity contribution in [1.29, 1.82) is 0 Å². The molecule has 0 bridgehead atoms. The highest BCUT2D eigenvalue weighted by Crippen LogP contribution is 2.26. The quantitative estimate of drug-likeness (QED) is 0.871. The first-order valence-electron chi connectivity index (χ1n) is 7.72. The standard InChI is InChI=1S/C16H20N2O3S/c1-2-13(21-11-6-3-4-7-11)15(19)18-16-17-12(10-22-16)14-8-5-9-20-14/h5,8-11,13H,2-4,6-7H2,1H3,(H,17,18,19). The van der Waals surface area contributed by atoms with Gasteiger partial charge in [-0.1, -0.05) is 19.8 Å². The Morgan fingerprint density at radius 3 is 3.05 bits per heavy atom. The Balaban J connectivity index is 1.60. The first kappa shape index (κ1) is 15.2. The number of furan rings is 1. The van der Waals surface area contributed by atoms with Crippen molar-refractivity contribution in [2.24, 2.45) is 0 Å². The van der Waals surface area contributed by atoms with Crippen molar-refractivity contribution in [3.63, 3.8) is 0 Å². The third-order valence-electron chi connectivity index (χ3n) is 3.83. The largest absolute Gasteiger partial charge is 0.463 e. The molecule has 1 aliphatic carbocycles. The van der Waals surface area contributed by atoms with E-state index in [0.29, 0.717) is 17.3 Å². The number of ether oxygens (including phenoxy) is 1. The zero-order chi connectivity index (χ0) is 15.4. The van der Waals surface area contributed by atoms with Gasteiger partial charge in [-0.25, -0.2) is 4.98 Å². The van der Waals surface area contributed by atoms with Gasteiger partial charge in [-0.3, -0.25) is 10.1 Å². The highest BCUT2D eigenvalue weighted by molar-refractivity contribution is 7.14. The third-order valence-corrected chi connectivity index (χ3v) is 4.59. The number of nitrogens with one attached hydrogen (secondary N) is 1. The van der Waals surface area contributed by atoms with Crippen LogP contribution in [0.15, 0.2) is 28.2 Å². The summed E-state index contributed by atoms with van der Waals surface area (Å²) in [7, 11) is 0. The number of nitrogens with zero attached hydrogens (tertiary/aromatic N) is 1. The van der Waals surface area contributed by atoms with Gasteiger partial charge in [0.1, 0.15) is 11.8 Å². The van der Waals surface area contributed by atoms with E-state index in [2.05, 4.69) is 10.3 Å². The van der Waals surface area contributed by atoms with Crippen LogP contribution in [0.4, 0.5) is 5.13 Å². The van der Waals surface area contributed by atoms with Gasteiger partial charge in [0.05, 0.1) is 12.4 Å². The Labute approximate surface area is 133 Å². The van der Waals surface area contributed by atoms with Crippen molar-refractivity contribution in [2.75, 3.05) is 5.32 Å². The second-order valence-corrected chi connectivity index (χ2v) is 6.30. The van der Waals surface area contributed by atoms with E-state index in [1.165, 1.54) is 24.2 Å². The summed E-state index contributed by atoms with van der Waals surface area (Å²) in [5.41, 5.74) is 0.732.